The summed E-state index contributed by atoms with van der Waals surface area (Å²) in [6, 6.07) is 21.3. The van der Waals surface area contributed by atoms with E-state index in [1.165, 1.54) is 29.2 Å². The molecule has 3 rings (SSSR count). The van der Waals surface area contributed by atoms with E-state index in [0.717, 1.165) is 11.1 Å². The lowest BCUT2D eigenvalue weighted by Gasteiger charge is -2.32. The minimum Gasteiger partial charge on any atom is -0.484 e. The van der Waals surface area contributed by atoms with Crippen LogP contribution in [0.3, 0.4) is 0 Å². The first-order valence-electron chi connectivity index (χ1n) is 11.1. The fourth-order valence-electron chi connectivity index (χ4n) is 3.53. The molecule has 0 fully saturated rings. The summed E-state index contributed by atoms with van der Waals surface area (Å²) in [4.78, 5) is 28.2. The molecular weight excluding hydrogens is 455 g/mol. The van der Waals surface area contributed by atoms with Gasteiger partial charge in [-0.3, -0.25) is 9.59 Å². The van der Waals surface area contributed by atoms with Gasteiger partial charge in [-0.15, -0.1) is 0 Å². The molecule has 7 heteroatoms. The Hall–Kier alpha value is -3.38. The van der Waals surface area contributed by atoms with Crippen molar-refractivity contribution >= 4 is 23.4 Å². The van der Waals surface area contributed by atoms with Crippen LogP contribution in [0.4, 0.5) is 4.39 Å². The molecule has 0 aliphatic rings. The number of carbonyl (C=O) groups excluding carboxylic acids is 2. The van der Waals surface area contributed by atoms with Gasteiger partial charge in [0.15, 0.2) is 6.61 Å². The molecule has 0 saturated carbocycles. The summed E-state index contributed by atoms with van der Waals surface area (Å²) in [5.74, 6) is -0.654. The van der Waals surface area contributed by atoms with Gasteiger partial charge in [0.25, 0.3) is 5.91 Å². The zero-order valence-corrected chi connectivity index (χ0v) is 20.0. The Balaban J connectivity index is 1.90. The molecule has 34 heavy (non-hydrogen) atoms. The van der Waals surface area contributed by atoms with Gasteiger partial charge in [0.2, 0.25) is 5.91 Å². The van der Waals surface area contributed by atoms with Gasteiger partial charge in [-0.25, -0.2) is 4.39 Å². The number of halogens is 2. The zero-order chi connectivity index (χ0) is 24.5. The molecule has 0 radical (unpaired) electrons. The Morgan fingerprint density at radius 1 is 0.971 bits per heavy atom. The molecule has 1 atom stereocenters. The van der Waals surface area contributed by atoms with E-state index in [1.54, 1.807) is 18.2 Å². The summed E-state index contributed by atoms with van der Waals surface area (Å²) in [5, 5.41) is 3.47. The van der Waals surface area contributed by atoms with Crippen LogP contribution in [0.25, 0.3) is 0 Å². The van der Waals surface area contributed by atoms with Crippen molar-refractivity contribution in [3.8, 4) is 5.75 Å². The third-order valence-corrected chi connectivity index (χ3v) is 5.36. The molecular formula is C27H28ClFN2O3. The van der Waals surface area contributed by atoms with Gasteiger partial charge in [-0.1, -0.05) is 54.1 Å². The maximum Gasteiger partial charge on any atom is 0.261 e. The van der Waals surface area contributed by atoms with E-state index in [-0.39, 0.29) is 31.0 Å². The smallest absolute Gasteiger partial charge is 0.261 e. The topological polar surface area (TPSA) is 58.6 Å². The number of nitrogens with zero attached hydrogens (tertiary/aromatic N) is 1. The molecule has 0 spiro atoms. The fourth-order valence-corrected chi connectivity index (χ4v) is 3.74. The van der Waals surface area contributed by atoms with E-state index in [9.17, 15) is 14.0 Å². The van der Waals surface area contributed by atoms with E-state index in [4.69, 9.17) is 16.3 Å². The predicted octanol–water partition coefficient (Wildman–Crippen LogP) is 5.02. The summed E-state index contributed by atoms with van der Waals surface area (Å²) >= 11 is 6.16. The predicted molar refractivity (Wildman–Crippen MR) is 131 cm³/mol. The molecule has 0 aliphatic carbocycles. The zero-order valence-electron chi connectivity index (χ0n) is 19.2. The molecule has 178 valence electrons. The summed E-state index contributed by atoms with van der Waals surface area (Å²) in [6.07, 6.45) is 0.336. The highest BCUT2D eigenvalue weighted by molar-refractivity contribution is 6.30. The summed E-state index contributed by atoms with van der Waals surface area (Å²) in [6.45, 7) is 3.62. The highest BCUT2D eigenvalue weighted by atomic mass is 35.5. The third kappa shape index (κ3) is 7.59. The fraction of sp³-hybridized carbons (Fsp3) is 0.259. The summed E-state index contributed by atoms with van der Waals surface area (Å²) in [7, 11) is 0. The van der Waals surface area contributed by atoms with Crippen molar-refractivity contribution in [3.63, 3.8) is 0 Å². The summed E-state index contributed by atoms with van der Waals surface area (Å²) in [5.41, 5.74) is 1.72. The van der Waals surface area contributed by atoms with Crippen molar-refractivity contribution in [2.24, 2.45) is 0 Å². The van der Waals surface area contributed by atoms with E-state index < -0.39 is 11.9 Å². The monoisotopic (exact) mass is 482 g/mol. The second-order valence-electron chi connectivity index (χ2n) is 8.26. The van der Waals surface area contributed by atoms with Crippen LogP contribution in [0.15, 0.2) is 78.9 Å². The molecule has 0 bridgehead atoms. The summed E-state index contributed by atoms with van der Waals surface area (Å²) < 4.78 is 18.8. The minimum atomic E-state index is -0.770. The maximum atomic E-state index is 13.4. The van der Waals surface area contributed by atoms with Crippen molar-refractivity contribution in [2.75, 3.05) is 6.61 Å². The van der Waals surface area contributed by atoms with Gasteiger partial charge < -0.3 is 15.0 Å². The molecule has 0 aromatic heterocycles. The molecule has 1 N–H and O–H groups in total. The molecule has 0 aliphatic heterocycles. The average molecular weight is 483 g/mol. The van der Waals surface area contributed by atoms with Gasteiger partial charge in [-0.2, -0.15) is 0 Å². The van der Waals surface area contributed by atoms with Gasteiger partial charge >= 0.3 is 0 Å². The first-order chi connectivity index (χ1) is 16.3. The number of hydrogen-bond donors (Lipinski definition) is 1. The lowest BCUT2D eigenvalue weighted by molar-refractivity contribution is -0.143. The second kappa shape index (κ2) is 12.2. The van der Waals surface area contributed by atoms with Crippen LogP contribution < -0.4 is 10.1 Å². The number of nitrogens with one attached hydrogen (secondary N) is 1. The lowest BCUT2D eigenvalue weighted by atomic mass is 10.0. The molecule has 3 aromatic carbocycles. The van der Waals surface area contributed by atoms with Crippen LogP contribution in [-0.2, 0) is 22.6 Å². The van der Waals surface area contributed by atoms with Crippen molar-refractivity contribution in [3.05, 3.63) is 101 Å². The van der Waals surface area contributed by atoms with Gasteiger partial charge in [-0.05, 0) is 61.4 Å². The highest BCUT2D eigenvalue weighted by Crippen LogP contribution is 2.18. The standard InChI is InChI=1S/C27H28ClFN2O3/c1-19(2)30-27(33)25(16-20-7-4-3-5-8-20)31(17-21-9-6-10-22(28)15-21)26(32)18-34-24-13-11-23(29)12-14-24/h3-15,19,25H,16-18H2,1-2H3,(H,30,33)/t25-/m1/s1. The Kier molecular flexibility index (Phi) is 9.05. The Morgan fingerprint density at radius 2 is 1.65 bits per heavy atom. The minimum absolute atomic E-state index is 0.0932. The van der Waals surface area contributed by atoms with Crippen LogP contribution in [0.2, 0.25) is 5.02 Å². The molecule has 0 heterocycles. The van der Waals surface area contributed by atoms with Crippen LogP contribution >= 0.6 is 11.6 Å². The van der Waals surface area contributed by atoms with Crippen LogP contribution in [0.5, 0.6) is 5.75 Å². The molecule has 2 amide bonds. The molecule has 3 aromatic rings. The lowest BCUT2D eigenvalue weighted by Crippen LogP contribution is -2.52. The number of benzene rings is 3. The molecule has 0 unspecified atom stereocenters. The van der Waals surface area contributed by atoms with E-state index >= 15 is 0 Å². The highest BCUT2D eigenvalue weighted by Gasteiger charge is 2.31. The number of rotatable bonds is 10. The average Bonchev–Trinajstić information content (AvgIpc) is 2.81. The Morgan fingerprint density at radius 3 is 2.29 bits per heavy atom. The van der Waals surface area contributed by atoms with E-state index in [2.05, 4.69) is 5.32 Å². The molecule has 0 saturated heterocycles. The van der Waals surface area contributed by atoms with Crippen molar-refractivity contribution in [2.45, 2.75) is 38.9 Å². The number of amides is 2. The van der Waals surface area contributed by atoms with Crippen molar-refractivity contribution in [1.29, 1.82) is 0 Å². The number of ether oxygens (including phenoxy) is 1. The van der Waals surface area contributed by atoms with Crippen LogP contribution in [-0.4, -0.2) is 35.4 Å². The Labute approximate surface area is 204 Å². The Bertz CT molecular complexity index is 1090. The van der Waals surface area contributed by atoms with Gasteiger partial charge in [0, 0.05) is 24.0 Å². The SMILES string of the molecule is CC(C)NC(=O)[C@@H](Cc1ccccc1)N(Cc1cccc(Cl)c1)C(=O)COc1ccc(F)cc1. The quantitative estimate of drug-likeness (QED) is 0.441. The van der Waals surface area contributed by atoms with Crippen LogP contribution in [0.1, 0.15) is 25.0 Å². The van der Waals surface area contributed by atoms with E-state index in [0.29, 0.717) is 17.2 Å². The van der Waals surface area contributed by atoms with Crippen molar-refractivity contribution in [1.82, 2.24) is 10.2 Å². The normalized spacial score (nSPS) is 11.7. The van der Waals surface area contributed by atoms with Gasteiger partial charge in [0.1, 0.15) is 17.6 Å². The molecule has 5 nitrogen and oxygen atoms in total. The maximum absolute atomic E-state index is 13.4. The number of carbonyl (C=O) groups is 2. The van der Waals surface area contributed by atoms with Gasteiger partial charge in [0.05, 0.1) is 0 Å². The van der Waals surface area contributed by atoms with E-state index in [1.807, 2.05) is 50.2 Å². The first-order valence-corrected chi connectivity index (χ1v) is 11.5. The first kappa shape index (κ1) is 25.2. The van der Waals surface area contributed by atoms with Crippen molar-refractivity contribution < 1.29 is 18.7 Å². The van der Waals surface area contributed by atoms with Crippen LogP contribution in [0, 0.1) is 5.82 Å². The number of hydrogen-bond acceptors (Lipinski definition) is 3. The third-order valence-electron chi connectivity index (χ3n) is 5.12. The second-order valence-corrected chi connectivity index (χ2v) is 8.70. The largest absolute Gasteiger partial charge is 0.484 e.